The summed E-state index contributed by atoms with van der Waals surface area (Å²) >= 11 is 0. The normalized spacial score (nSPS) is 13.4. The van der Waals surface area contributed by atoms with Gasteiger partial charge in [0.05, 0.1) is 0 Å². The lowest BCUT2D eigenvalue weighted by Crippen LogP contribution is -1.91. The molecule has 4 rings (SSSR count). The fourth-order valence-corrected chi connectivity index (χ4v) is 3.12. The van der Waals surface area contributed by atoms with Crippen LogP contribution in [0.5, 0.6) is 0 Å². The number of anilines is 2. The van der Waals surface area contributed by atoms with Crippen LogP contribution in [0, 0.1) is 0 Å². The first-order chi connectivity index (χ1) is 12.4. The first-order valence-corrected chi connectivity index (χ1v) is 8.78. The van der Waals surface area contributed by atoms with Gasteiger partial charge in [0.2, 0.25) is 0 Å². The molecule has 122 valence electrons. The van der Waals surface area contributed by atoms with Crippen LogP contribution in [0.4, 0.5) is 11.4 Å². The van der Waals surface area contributed by atoms with Gasteiger partial charge in [-0.1, -0.05) is 72.8 Å². The number of allylic oxidation sites excluding steroid dienone is 4. The predicted octanol–water partition coefficient (Wildman–Crippen LogP) is 6.83. The maximum atomic E-state index is 3.48. The Bertz CT molecular complexity index is 885. The van der Waals surface area contributed by atoms with Gasteiger partial charge in [0.1, 0.15) is 0 Å². The number of rotatable bonds is 4. The molecule has 1 aliphatic carbocycles. The van der Waals surface area contributed by atoms with Crippen molar-refractivity contribution >= 4 is 16.9 Å². The minimum Gasteiger partial charge on any atom is -0.356 e. The summed E-state index contributed by atoms with van der Waals surface area (Å²) in [4.78, 5) is 0. The molecule has 0 saturated carbocycles. The van der Waals surface area contributed by atoms with E-state index in [0.717, 1.165) is 24.2 Å². The molecular weight excluding hydrogens is 302 g/mol. The largest absolute Gasteiger partial charge is 0.356 e. The van der Waals surface area contributed by atoms with Gasteiger partial charge in [0, 0.05) is 11.4 Å². The van der Waals surface area contributed by atoms with Gasteiger partial charge in [-0.3, -0.25) is 0 Å². The van der Waals surface area contributed by atoms with Gasteiger partial charge >= 0.3 is 0 Å². The highest BCUT2D eigenvalue weighted by atomic mass is 14.9. The van der Waals surface area contributed by atoms with E-state index in [4.69, 9.17) is 0 Å². The van der Waals surface area contributed by atoms with Crippen LogP contribution in [0.1, 0.15) is 18.4 Å². The van der Waals surface area contributed by atoms with E-state index < -0.39 is 0 Å². The first kappa shape index (κ1) is 15.5. The van der Waals surface area contributed by atoms with Crippen LogP contribution in [-0.4, -0.2) is 0 Å². The molecule has 0 amide bonds. The number of hydrogen-bond donors (Lipinski definition) is 1. The molecule has 0 unspecified atom stereocenters. The molecule has 1 aliphatic rings. The standard InChI is InChI=1S/C24H21N/c1-3-7-19(8-4-1)21-11-15-23(16-12-21)25-24-17-13-22(14-18-24)20-9-5-2-6-10-20/h1,3-5,7-18,25H,2,6H2. The Labute approximate surface area is 149 Å². The molecule has 0 aliphatic heterocycles. The molecule has 0 saturated heterocycles. The van der Waals surface area contributed by atoms with E-state index >= 15 is 0 Å². The SMILES string of the molecule is C1=CC(c2ccc(Nc3ccc(-c4ccccc4)cc3)cc2)=CCC1. The molecule has 1 nitrogen and oxygen atoms in total. The Morgan fingerprint density at radius 2 is 1.16 bits per heavy atom. The fourth-order valence-electron chi connectivity index (χ4n) is 3.12. The molecule has 0 spiro atoms. The lowest BCUT2D eigenvalue weighted by Gasteiger charge is -2.10. The van der Waals surface area contributed by atoms with Gasteiger partial charge in [-0.2, -0.15) is 0 Å². The van der Waals surface area contributed by atoms with E-state index in [-0.39, 0.29) is 0 Å². The summed E-state index contributed by atoms with van der Waals surface area (Å²) in [7, 11) is 0. The maximum Gasteiger partial charge on any atom is 0.0384 e. The number of benzene rings is 3. The molecule has 0 aromatic heterocycles. The van der Waals surface area contributed by atoms with Gasteiger partial charge < -0.3 is 5.32 Å². The summed E-state index contributed by atoms with van der Waals surface area (Å²) < 4.78 is 0. The summed E-state index contributed by atoms with van der Waals surface area (Å²) in [6.45, 7) is 0. The Morgan fingerprint density at radius 1 is 0.560 bits per heavy atom. The third kappa shape index (κ3) is 3.72. The van der Waals surface area contributed by atoms with E-state index in [0.29, 0.717) is 0 Å². The van der Waals surface area contributed by atoms with Crippen molar-refractivity contribution in [3.63, 3.8) is 0 Å². The third-order valence-electron chi connectivity index (χ3n) is 4.49. The molecular formula is C24H21N. The van der Waals surface area contributed by atoms with Crippen LogP contribution in [0.15, 0.2) is 97.1 Å². The first-order valence-electron chi connectivity index (χ1n) is 8.78. The van der Waals surface area contributed by atoms with Gasteiger partial charge in [0.25, 0.3) is 0 Å². The zero-order valence-electron chi connectivity index (χ0n) is 14.2. The molecule has 1 heteroatoms. The van der Waals surface area contributed by atoms with Crippen molar-refractivity contribution in [2.75, 3.05) is 5.32 Å². The highest BCUT2D eigenvalue weighted by molar-refractivity contribution is 5.76. The smallest absolute Gasteiger partial charge is 0.0384 e. The average molecular weight is 323 g/mol. The number of nitrogens with one attached hydrogen (secondary N) is 1. The predicted molar refractivity (Wildman–Crippen MR) is 108 cm³/mol. The zero-order chi connectivity index (χ0) is 16.9. The van der Waals surface area contributed by atoms with Crippen LogP contribution in [0.25, 0.3) is 16.7 Å². The summed E-state index contributed by atoms with van der Waals surface area (Å²) in [5, 5.41) is 3.48. The average Bonchev–Trinajstić information content (AvgIpc) is 2.71. The van der Waals surface area contributed by atoms with Gasteiger partial charge in [0.15, 0.2) is 0 Å². The van der Waals surface area contributed by atoms with E-state index in [2.05, 4.69) is 96.3 Å². The zero-order valence-corrected chi connectivity index (χ0v) is 14.2. The molecule has 0 heterocycles. The molecule has 3 aromatic carbocycles. The number of hydrogen-bond acceptors (Lipinski definition) is 1. The molecule has 0 bridgehead atoms. The minimum absolute atomic E-state index is 1.10. The second-order valence-electron chi connectivity index (χ2n) is 6.28. The Balaban J connectivity index is 1.47. The molecule has 0 radical (unpaired) electrons. The molecule has 0 atom stereocenters. The summed E-state index contributed by atoms with van der Waals surface area (Å²) in [5.41, 5.74) is 7.29. The monoisotopic (exact) mass is 323 g/mol. The lowest BCUT2D eigenvalue weighted by molar-refractivity contribution is 1.04. The van der Waals surface area contributed by atoms with Crippen LogP contribution in [0.2, 0.25) is 0 Å². The van der Waals surface area contributed by atoms with Crippen molar-refractivity contribution in [3.05, 3.63) is 103 Å². The van der Waals surface area contributed by atoms with E-state index in [1.807, 2.05) is 6.07 Å². The van der Waals surface area contributed by atoms with Gasteiger partial charge in [-0.05, 0) is 59.4 Å². The van der Waals surface area contributed by atoms with E-state index in [1.165, 1.54) is 22.3 Å². The minimum atomic E-state index is 1.10. The highest BCUT2D eigenvalue weighted by Crippen LogP contribution is 2.25. The molecule has 3 aromatic rings. The van der Waals surface area contributed by atoms with Crippen molar-refractivity contribution < 1.29 is 0 Å². The molecule has 25 heavy (non-hydrogen) atoms. The van der Waals surface area contributed by atoms with Crippen molar-refractivity contribution in [2.24, 2.45) is 0 Å². The van der Waals surface area contributed by atoms with Crippen LogP contribution >= 0.6 is 0 Å². The Morgan fingerprint density at radius 3 is 1.76 bits per heavy atom. The maximum absolute atomic E-state index is 3.48. The highest BCUT2D eigenvalue weighted by Gasteiger charge is 2.02. The van der Waals surface area contributed by atoms with Crippen molar-refractivity contribution in [2.45, 2.75) is 12.8 Å². The van der Waals surface area contributed by atoms with Crippen LogP contribution in [-0.2, 0) is 0 Å². The van der Waals surface area contributed by atoms with Crippen molar-refractivity contribution in [1.29, 1.82) is 0 Å². The van der Waals surface area contributed by atoms with Crippen LogP contribution < -0.4 is 5.32 Å². The fraction of sp³-hybridized carbons (Fsp3) is 0.0833. The van der Waals surface area contributed by atoms with Crippen molar-refractivity contribution in [1.82, 2.24) is 0 Å². The lowest BCUT2D eigenvalue weighted by atomic mass is 9.99. The van der Waals surface area contributed by atoms with Crippen LogP contribution in [0.3, 0.4) is 0 Å². The van der Waals surface area contributed by atoms with Gasteiger partial charge in [-0.25, -0.2) is 0 Å². The van der Waals surface area contributed by atoms with E-state index in [1.54, 1.807) is 0 Å². The summed E-state index contributed by atoms with van der Waals surface area (Å²) in [6.07, 6.45) is 9.07. The van der Waals surface area contributed by atoms with E-state index in [9.17, 15) is 0 Å². The quantitative estimate of drug-likeness (QED) is 0.555. The third-order valence-corrected chi connectivity index (χ3v) is 4.49. The second-order valence-corrected chi connectivity index (χ2v) is 6.28. The molecule has 1 N–H and O–H groups in total. The molecule has 0 fully saturated rings. The Hall–Kier alpha value is -3.06. The van der Waals surface area contributed by atoms with Crippen molar-refractivity contribution in [3.8, 4) is 11.1 Å². The summed E-state index contributed by atoms with van der Waals surface area (Å²) in [6, 6.07) is 27.7. The van der Waals surface area contributed by atoms with Gasteiger partial charge in [-0.15, -0.1) is 0 Å². The topological polar surface area (TPSA) is 12.0 Å². The Kier molecular flexibility index (Phi) is 4.47. The second kappa shape index (κ2) is 7.23. The summed E-state index contributed by atoms with van der Waals surface area (Å²) in [5.74, 6) is 0.